The molecule has 4 N–H and O–H groups in total. The standard InChI is InChI=1S/C13H25N7S/c1-4-20(5-2)13-17-11(16-12(18-13)19-14)15-9-7-6-8-10(9)21-3/h9-10H,4-8,14H2,1-3H3,(H2,15,16,17,18,19). The largest absolute Gasteiger partial charge is 0.350 e. The Morgan fingerprint density at radius 1 is 1.19 bits per heavy atom. The lowest BCUT2D eigenvalue weighted by atomic mass is 10.2. The first-order valence-corrected chi connectivity index (χ1v) is 8.77. The molecule has 21 heavy (non-hydrogen) atoms. The predicted molar refractivity (Wildman–Crippen MR) is 89.8 cm³/mol. The minimum absolute atomic E-state index is 0.396. The highest BCUT2D eigenvalue weighted by Crippen LogP contribution is 2.30. The average Bonchev–Trinajstić information content (AvgIpc) is 2.95. The second kappa shape index (κ2) is 7.65. The molecule has 1 saturated carbocycles. The van der Waals surface area contributed by atoms with Gasteiger partial charge in [0.2, 0.25) is 17.8 Å². The molecule has 1 aliphatic carbocycles. The quantitative estimate of drug-likeness (QED) is 0.517. The Morgan fingerprint density at radius 3 is 2.52 bits per heavy atom. The van der Waals surface area contributed by atoms with E-state index < -0.39 is 0 Å². The highest BCUT2D eigenvalue weighted by atomic mass is 32.2. The summed E-state index contributed by atoms with van der Waals surface area (Å²) < 4.78 is 0. The Bertz CT molecular complexity index is 452. The van der Waals surface area contributed by atoms with Gasteiger partial charge < -0.3 is 10.2 Å². The van der Waals surface area contributed by atoms with Crippen molar-refractivity contribution in [3.63, 3.8) is 0 Å². The highest BCUT2D eigenvalue weighted by Gasteiger charge is 2.27. The van der Waals surface area contributed by atoms with Crippen LogP contribution < -0.4 is 21.5 Å². The van der Waals surface area contributed by atoms with Gasteiger partial charge in [0.25, 0.3) is 0 Å². The van der Waals surface area contributed by atoms with E-state index in [1.54, 1.807) is 0 Å². The number of hydrogen-bond acceptors (Lipinski definition) is 8. The van der Waals surface area contributed by atoms with E-state index in [2.05, 4.69) is 50.7 Å². The van der Waals surface area contributed by atoms with Crippen LogP contribution in [-0.2, 0) is 0 Å². The molecule has 1 fully saturated rings. The zero-order valence-electron chi connectivity index (χ0n) is 13.0. The summed E-state index contributed by atoms with van der Waals surface area (Å²) in [6.45, 7) is 5.86. The first kappa shape index (κ1) is 16.1. The summed E-state index contributed by atoms with van der Waals surface area (Å²) in [6.07, 6.45) is 5.81. The second-order valence-corrected chi connectivity index (χ2v) is 6.13. The van der Waals surface area contributed by atoms with Crippen LogP contribution in [0.4, 0.5) is 17.8 Å². The minimum atomic E-state index is 0.396. The van der Waals surface area contributed by atoms with Crippen molar-refractivity contribution in [2.24, 2.45) is 5.84 Å². The van der Waals surface area contributed by atoms with Gasteiger partial charge in [0, 0.05) is 24.4 Å². The number of rotatable bonds is 7. The van der Waals surface area contributed by atoms with Crippen molar-refractivity contribution >= 4 is 29.6 Å². The molecule has 2 atom stereocenters. The number of nitrogens with two attached hydrogens (primary N) is 1. The predicted octanol–water partition coefficient (Wildman–Crippen LogP) is 1.70. The first-order valence-electron chi connectivity index (χ1n) is 7.48. The maximum atomic E-state index is 5.48. The summed E-state index contributed by atoms with van der Waals surface area (Å²) in [5, 5.41) is 4.07. The van der Waals surface area contributed by atoms with Crippen molar-refractivity contribution in [3.05, 3.63) is 0 Å². The van der Waals surface area contributed by atoms with E-state index in [1.807, 2.05) is 11.8 Å². The summed E-state index contributed by atoms with van der Waals surface area (Å²) in [5.74, 6) is 7.13. The fourth-order valence-electron chi connectivity index (χ4n) is 2.68. The van der Waals surface area contributed by atoms with Crippen LogP contribution in [0.1, 0.15) is 33.1 Å². The van der Waals surface area contributed by atoms with Gasteiger partial charge in [-0.25, -0.2) is 5.84 Å². The number of hydrazine groups is 1. The van der Waals surface area contributed by atoms with Crippen LogP contribution in [0, 0.1) is 0 Å². The van der Waals surface area contributed by atoms with Crippen LogP contribution >= 0.6 is 11.8 Å². The number of nitrogens with zero attached hydrogens (tertiary/aromatic N) is 4. The third kappa shape index (κ3) is 3.88. The molecule has 0 saturated heterocycles. The Balaban J connectivity index is 2.20. The van der Waals surface area contributed by atoms with Gasteiger partial charge in [-0.2, -0.15) is 26.7 Å². The summed E-state index contributed by atoms with van der Waals surface area (Å²) >= 11 is 1.90. The minimum Gasteiger partial charge on any atom is -0.350 e. The molecule has 118 valence electrons. The lowest BCUT2D eigenvalue weighted by Gasteiger charge is -2.22. The lowest BCUT2D eigenvalue weighted by molar-refractivity contribution is 0.748. The average molecular weight is 311 g/mol. The molecule has 2 unspecified atom stereocenters. The number of nitrogen functional groups attached to an aromatic ring is 1. The van der Waals surface area contributed by atoms with Gasteiger partial charge in [-0.05, 0) is 32.9 Å². The van der Waals surface area contributed by atoms with Gasteiger partial charge in [-0.3, -0.25) is 5.43 Å². The Hall–Kier alpha value is -1.28. The monoisotopic (exact) mass is 311 g/mol. The Morgan fingerprint density at radius 2 is 1.90 bits per heavy atom. The molecule has 2 rings (SSSR count). The van der Waals surface area contributed by atoms with E-state index in [0.29, 0.717) is 29.1 Å². The van der Waals surface area contributed by atoms with Crippen LogP contribution in [0.2, 0.25) is 0 Å². The summed E-state index contributed by atoms with van der Waals surface area (Å²) in [4.78, 5) is 15.3. The number of anilines is 3. The molecule has 0 amide bonds. The zero-order valence-corrected chi connectivity index (χ0v) is 13.8. The van der Waals surface area contributed by atoms with E-state index >= 15 is 0 Å². The lowest BCUT2D eigenvalue weighted by Crippen LogP contribution is -2.29. The van der Waals surface area contributed by atoms with Gasteiger partial charge in [-0.15, -0.1) is 0 Å². The highest BCUT2D eigenvalue weighted by molar-refractivity contribution is 7.99. The molecular weight excluding hydrogens is 286 g/mol. The van der Waals surface area contributed by atoms with E-state index in [9.17, 15) is 0 Å². The number of aromatic nitrogens is 3. The van der Waals surface area contributed by atoms with Gasteiger partial charge in [0.15, 0.2) is 0 Å². The smallest absolute Gasteiger partial charge is 0.243 e. The van der Waals surface area contributed by atoms with Gasteiger partial charge >= 0.3 is 0 Å². The molecule has 0 aromatic carbocycles. The SMILES string of the molecule is CCN(CC)c1nc(NN)nc(NC2CCCC2SC)n1. The number of hydrogen-bond donors (Lipinski definition) is 3. The fraction of sp³-hybridized carbons (Fsp3) is 0.769. The molecule has 1 aliphatic rings. The summed E-state index contributed by atoms with van der Waals surface area (Å²) in [6, 6.07) is 0.414. The topological polar surface area (TPSA) is 92.0 Å². The fourth-order valence-corrected chi connectivity index (χ4v) is 3.62. The number of thioether (sulfide) groups is 1. The van der Waals surface area contributed by atoms with E-state index in [4.69, 9.17) is 5.84 Å². The molecular formula is C13H25N7S. The summed E-state index contributed by atoms with van der Waals surface area (Å²) in [7, 11) is 0. The van der Waals surface area contributed by atoms with Crippen LogP contribution in [0.15, 0.2) is 0 Å². The van der Waals surface area contributed by atoms with E-state index in [1.165, 1.54) is 12.8 Å². The van der Waals surface area contributed by atoms with Gasteiger partial charge in [0.05, 0.1) is 0 Å². The molecule has 7 nitrogen and oxygen atoms in total. The third-order valence-electron chi connectivity index (χ3n) is 3.87. The normalized spacial score (nSPS) is 21.3. The molecule has 8 heteroatoms. The van der Waals surface area contributed by atoms with Crippen molar-refractivity contribution in [2.75, 3.05) is 35.0 Å². The second-order valence-electron chi connectivity index (χ2n) is 5.06. The Kier molecular flexibility index (Phi) is 5.86. The summed E-state index contributed by atoms with van der Waals surface area (Å²) in [5.41, 5.74) is 2.53. The van der Waals surface area contributed by atoms with Crippen molar-refractivity contribution in [1.82, 2.24) is 15.0 Å². The molecule has 1 aromatic heterocycles. The maximum absolute atomic E-state index is 5.48. The van der Waals surface area contributed by atoms with Gasteiger partial charge in [0.1, 0.15) is 0 Å². The van der Waals surface area contributed by atoms with Crippen molar-refractivity contribution in [1.29, 1.82) is 0 Å². The molecule has 0 radical (unpaired) electrons. The first-order chi connectivity index (χ1) is 10.2. The zero-order chi connectivity index (χ0) is 15.2. The molecule has 0 bridgehead atoms. The van der Waals surface area contributed by atoms with Crippen LogP contribution in [0.25, 0.3) is 0 Å². The molecule has 1 aromatic rings. The van der Waals surface area contributed by atoms with E-state index in [-0.39, 0.29) is 0 Å². The van der Waals surface area contributed by atoms with Crippen molar-refractivity contribution in [3.8, 4) is 0 Å². The Labute approximate surface area is 130 Å². The maximum Gasteiger partial charge on any atom is 0.243 e. The third-order valence-corrected chi connectivity index (χ3v) is 5.04. The van der Waals surface area contributed by atoms with Crippen molar-refractivity contribution in [2.45, 2.75) is 44.4 Å². The number of nitrogens with one attached hydrogen (secondary N) is 2. The van der Waals surface area contributed by atoms with Crippen molar-refractivity contribution < 1.29 is 0 Å². The van der Waals surface area contributed by atoms with Crippen LogP contribution in [-0.4, -0.2) is 45.6 Å². The van der Waals surface area contributed by atoms with E-state index in [0.717, 1.165) is 19.5 Å². The molecule has 1 heterocycles. The van der Waals surface area contributed by atoms with Crippen LogP contribution in [0.3, 0.4) is 0 Å². The molecule has 0 aliphatic heterocycles. The van der Waals surface area contributed by atoms with Gasteiger partial charge in [-0.1, -0.05) is 6.42 Å². The molecule has 0 spiro atoms. The van der Waals surface area contributed by atoms with Crippen LogP contribution in [0.5, 0.6) is 0 Å².